The maximum absolute atomic E-state index is 13.7. The molecule has 1 aliphatic rings. The molecule has 0 unspecified atom stereocenters. The van der Waals surface area contributed by atoms with Crippen molar-refractivity contribution >= 4 is 35.1 Å². The first kappa shape index (κ1) is 48.0. The van der Waals surface area contributed by atoms with Crippen molar-refractivity contribution in [1.29, 1.82) is 0 Å². The largest absolute Gasteiger partial charge is 0.461 e. The van der Waals surface area contributed by atoms with Crippen LogP contribution in [-0.2, 0) is 32.3 Å². The van der Waals surface area contributed by atoms with Crippen molar-refractivity contribution < 1.29 is 32.2 Å². The molecule has 312 valence electrons. The maximum atomic E-state index is 13.7. The Labute approximate surface area is 353 Å². The number of hydrogen-bond acceptors (Lipinski definition) is 4. The average molecular weight is 838 g/mol. The number of esters is 2. The minimum Gasteiger partial charge on any atom is -0.461 e. The van der Waals surface area contributed by atoms with Crippen molar-refractivity contribution in [2.75, 3.05) is 0 Å². The van der Waals surface area contributed by atoms with Gasteiger partial charge in [-0.3, -0.25) is 9.59 Å². The number of benzene rings is 4. The Hall–Kier alpha value is -4.33. The molecule has 0 aromatic heterocycles. The Morgan fingerprint density at radius 2 is 1.22 bits per heavy atom. The molecule has 0 saturated heterocycles. The van der Waals surface area contributed by atoms with E-state index >= 15 is 0 Å². The van der Waals surface area contributed by atoms with Crippen LogP contribution in [0.25, 0.3) is 11.1 Å². The summed E-state index contributed by atoms with van der Waals surface area (Å²) in [5.74, 6) is -4.59. The van der Waals surface area contributed by atoms with E-state index in [1.807, 2.05) is 151 Å². The molecule has 0 amide bonds. The summed E-state index contributed by atoms with van der Waals surface area (Å²) < 4.78 is 51.3. The van der Waals surface area contributed by atoms with Crippen LogP contribution in [-0.4, -0.2) is 23.5 Å². The monoisotopic (exact) mass is 836 g/mol. The first-order valence-electron chi connectivity index (χ1n) is 19.4. The zero-order valence-electron chi connectivity index (χ0n) is 35.1. The zero-order chi connectivity index (χ0) is 43.3. The fourth-order valence-corrected chi connectivity index (χ4v) is 6.40. The minimum atomic E-state index is -3.11. The van der Waals surface area contributed by atoms with Gasteiger partial charge in [0, 0.05) is 6.92 Å². The summed E-state index contributed by atoms with van der Waals surface area (Å²) in [7, 11) is 0. The van der Waals surface area contributed by atoms with Crippen LogP contribution >= 0.6 is 23.2 Å². The van der Waals surface area contributed by atoms with Gasteiger partial charge in [0.25, 0.3) is 5.92 Å². The highest BCUT2D eigenvalue weighted by molar-refractivity contribution is 6.30. The third-order valence-electron chi connectivity index (χ3n) is 10.2. The molecule has 2 atom stereocenters. The summed E-state index contributed by atoms with van der Waals surface area (Å²) in [6.07, 6.45) is 3.72. The number of hydrogen-bond donors (Lipinski definition) is 0. The van der Waals surface area contributed by atoms with E-state index < -0.39 is 28.0 Å². The number of allylic oxidation sites excluding steroid dienone is 4. The molecule has 0 bridgehead atoms. The van der Waals surface area contributed by atoms with E-state index in [0.717, 1.165) is 40.3 Å². The van der Waals surface area contributed by atoms with Gasteiger partial charge in [-0.15, -0.1) is 0 Å². The molecule has 4 aromatic carbocycles. The molecule has 0 N–H and O–H groups in total. The lowest BCUT2D eigenvalue weighted by atomic mass is 9.85. The first-order chi connectivity index (χ1) is 27.0. The molecule has 9 heteroatoms. The summed E-state index contributed by atoms with van der Waals surface area (Å²) in [6, 6.07) is 35.7. The van der Waals surface area contributed by atoms with Gasteiger partial charge in [0.05, 0.1) is 22.4 Å². The van der Waals surface area contributed by atoms with Crippen molar-refractivity contribution in [3.05, 3.63) is 154 Å². The van der Waals surface area contributed by atoms with Gasteiger partial charge < -0.3 is 9.47 Å². The Morgan fingerprint density at radius 3 is 1.78 bits per heavy atom. The fourth-order valence-electron chi connectivity index (χ4n) is 6.19. The highest BCUT2D eigenvalue weighted by Crippen LogP contribution is 2.60. The van der Waals surface area contributed by atoms with E-state index in [1.165, 1.54) is 19.9 Å². The topological polar surface area (TPSA) is 52.6 Å². The second-order valence-electron chi connectivity index (χ2n) is 16.6. The van der Waals surface area contributed by atoms with Gasteiger partial charge >= 0.3 is 11.9 Å². The smallest absolute Gasteiger partial charge is 0.310 e. The molecule has 4 nitrogen and oxygen atoms in total. The summed E-state index contributed by atoms with van der Waals surface area (Å²) in [4.78, 5) is 24.7. The number of carbonyl (C=O) groups excluding carboxylic acids is 2. The molecule has 58 heavy (non-hydrogen) atoms. The Kier molecular flexibility index (Phi) is 17.5. The van der Waals surface area contributed by atoms with E-state index in [2.05, 4.69) is 0 Å². The lowest BCUT2D eigenvalue weighted by molar-refractivity contribution is -0.148. The lowest BCUT2D eigenvalue weighted by Crippen LogP contribution is -2.19. The number of aryl methyl sites for hydroxylation is 1. The van der Waals surface area contributed by atoms with E-state index in [9.17, 15) is 22.8 Å². The third-order valence-corrected chi connectivity index (χ3v) is 11.2. The van der Waals surface area contributed by atoms with E-state index in [1.54, 1.807) is 6.08 Å². The van der Waals surface area contributed by atoms with Gasteiger partial charge in [0.1, 0.15) is 18.9 Å². The molecular weight excluding hydrogens is 780 g/mol. The summed E-state index contributed by atoms with van der Waals surface area (Å²) >= 11 is 11.6. The number of halogens is 5. The van der Waals surface area contributed by atoms with Crippen LogP contribution in [0, 0.1) is 36.5 Å². The highest BCUT2D eigenvalue weighted by atomic mass is 35.5. The van der Waals surface area contributed by atoms with Crippen LogP contribution in [0.1, 0.15) is 83.6 Å². The second-order valence-corrected chi connectivity index (χ2v) is 17.4. The third kappa shape index (κ3) is 15.1. The summed E-state index contributed by atoms with van der Waals surface area (Å²) in [6.45, 7) is 15.6. The van der Waals surface area contributed by atoms with Gasteiger partial charge in [-0.05, 0) is 84.2 Å². The Morgan fingerprint density at radius 1 is 0.707 bits per heavy atom. The van der Waals surface area contributed by atoms with Crippen LogP contribution < -0.4 is 0 Å². The van der Waals surface area contributed by atoms with Gasteiger partial charge in [-0.25, -0.2) is 13.2 Å². The average Bonchev–Trinajstić information content (AvgIpc) is 3.72. The van der Waals surface area contributed by atoms with Crippen LogP contribution in [0.2, 0.25) is 0 Å². The van der Waals surface area contributed by atoms with Crippen LogP contribution in [0.15, 0.2) is 131 Å². The fraction of sp³-hybridized carbons (Fsp3) is 0.388. The molecule has 0 aliphatic heterocycles. The highest BCUT2D eigenvalue weighted by Gasteiger charge is 2.62. The summed E-state index contributed by atoms with van der Waals surface area (Å²) in [5, 5.41) is -0.365. The van der Waals surface area contributed by atoms with Gasteiger partial charge in [-0.1, -0.05) is 172 Å². The van der Waals surface area contributed by atoms with Crippen LogP contribution in [0.3, 0.4) is 0 Å². The second kappa shape index (κ2) is 21.1. The molecule has 1 aliphatic carbocycles. The maximum Gasteiger partial charge on any atom is 0.310 e. The first-order valence-corrected chi connectivity index (χ1v) is 20.1. The van der Waals surface area contributed by atoms with Gasteiger partial charge in [0.2, 0.25) is 0 Å². The van der Waals surface area contributed by atoms with E-state index in [-0.39, 0.29) is 47.9 Å². The molecule has 0 radical (unpaired) electrons. The molecule has 0 spiro atoms. The van der Waals surface area contributed by atoms with Crippen LogP contribution in [0.4, 0.5) is 13.2 Å². The van der Waals surface area contributed by atoms with Gasteiger partial charge in [0.15, 0.2) is 0 Å². The molecule has 4 aromatic rings. The molecule has 1 saturated carbocycles. The lowest BCUT2D eigenvalue weighted by Gasteiger charge is -2.23. The van der Waals surface area contributed by atoms with Crippen molar-refractivity contribution in [2.24, 2.45) is 22.7 Å². The van der Waals surface area contributed by atoms with E-state index in [4.69, 9.17) is 32.7 Å². The number of ether oxygens (including phenoxy) is 2. The number of carbonyl (C=O) groups is 2. The molecule has 5 rings (SSSR count). The minimum absolute atomic E-state index is 0.145. The predicted molar refractivity (Wildman–Crippen MR) is 231 cm³/mol. The normalized spacial score (nSPS) is 16.5. The van der Waals surface area contributed by atoms with Crippen molar-refractivity contribution in [2.45, 2.75) is 100.0 Å². The SMILES string of the molecule is Cc1c(COC(=O)[C@@H]2[C@H](/C=C(\Cl)C(C)(F)F)C2(C)C)cccc1-c1ccccc1.Cc1ccccc1COC(=O)CC(C)(C)C/C=C(\Cl)C(C)(C)F.c1ccccc1. The summed E-state index contributed by atoms with van der Waals surface area (Å²) in [5.41, 5.74) is 3.90. The van der Waals surface area contributed by atoms with Crippen molar-refractivity contribution in [3.63, 3.8) is 0 Å². The molecule has 1 fully saturated rings. The quantitative estimate of drug-likeness (QED) is 0.126. The molecular formula is C49H57Cl2F3O4. The van der Waals surface area contributed by atoms with Crippen molar-refractivity contribution in [1.82, 2.24) is 0 Å². The standard InChI is InChI=1S/C24H25ClF2O2.C19H26ClFO2.C6H6/c1-15-17(11-8-12-18(15)16-9-6-5-7-10-16)14-29-22(28)21-19(23(21,2)3)13-20(25)24(4,26)27;1-14-8-6-7-9-15(14)13-23-17(22)12-18(2,3)11-10-16(20)19(4,5)21;1-2-4-6-5-3-1/h5-13,19,21H,14H2,1-4H3;6-10H,11-13H2,1-5H3;1-6H/b20-13-;16-10-;/t19-,21-;;/m0../s1. The predicted octanol–water partition coefficient (Wildman–Crippen LogP) is 14.2. The Bertz CT molecular complexity index is 1970. The molecule has 0 heterocycles. The van der Waals surface area contributed by atoms with Crippen LogP contribution in [0.5, 0.6) is 0 Å². The van der Waals surface area contributed by atoms with Gasteiger partial charge in [-0.2, -0.15) is 0 Å². The zero-order valence-corrected chi connectivity index (χ0v) is 36.6. The number of alkyl halides is 3. The van der Waals surface area contributed by atoms with Crippen molar-refractivity contribution in [3.8, 4) is 11.1 Å². The Balaban J connectivity index is 0.000000276. The van der Waals surface area contributed by atoms with E-state index in [0.29, 0.717) is 6.42 Å². The number of rotatable bonds is 13.